The zero-order chi connectivity index (χ0) is 14.3. The molecule has 7 heteroatoms. The quantitative estimate of drug-likeness (QED) is 0.514. The fraction of sp³-hybridized carbons (Fsp3) is 0.538. The molecular weight excluding hydrogens is 282 g/mol. The van der Waals surface area contributed by atoms with E-state index in [-0.39, 0.29) is 21.8 Å². The van der Waals surface area contributed by atoms with E-state index >= 15 is 0 Å². The normalized spacial score (nSPS) is 19.4. The summed E-state index contributed by atoms with van der Waals surface area (Å²) in [7, 11) is 0. The average molecular weight is 296 g/mol. The van der Waals surface area contributed by atoms with Crippen molar-refractivity contribution < 1.29 is 9.72 Å². The number of hydrogen-bond donors (Lipinski definition) is 1. The van der Waals surface area contributed by atoms with E-state index in [0.29, 0.717) is 6.54 Å². The van der Waals surface area contributed by atoms with Crippen LogP contribution in [0.4, 0.5) is 5.69 Å². The first-order valence-corrected chi connectivity index (χ1v) is 6.98. The van der Waals surface area contributed by atoms with Gasteiger partial charge in [0, 0.05) is 6.54 Å². The Balaban J connectivity index is 1.73. The van der Waals surface area contributed by atoms with Gasteiger partial charge >= 0.3 is 0 Å². The Kier molecular flexibility index (Phi) is 3.12. The molecule has 2 aliphatic rings. The third-order valence-electron chi connectivity index (χ3n) is 4.23. The fourth-order valence-corrected chi connectivity index (χ4v) is 2.85. The van der Waals surface area contributed by atoms with Gasteiger partial charge in [0.2, 0.25) is 0 Å². The molecule has 0 radical (unpaired) electrons. The Morgan fingerprint density at radius 3 is 2.80 bits per heavy atom. The summed E-state index contributed by atoms with van der Waals surface area (Å²) in [6.45, 7) is 0.591. The minimum absolute atomic E-state index is 0.0263. The lowest BCUT2D eigenvalue weighted by Crippen LogP contribution is -2.31. The average Bonchev–Trinajstić information content (AvgIpc) is 3.27. The molecule has 2 aliphatic carbocycles. The number of carbonyl (C=O) groups is 1. The second-order valence-corrected chi connectivity index (χ2v) is 5.99. The molecule has 1 N–H and O–H groups in total. The number of amides is 1. The standard InChI is InChI=1S/C13H14ClN3O3/c14-11-5-9(10(6-15-11)17(19)20)12(18)16-7-13(3-4-13)8-1-2-8/h5-6,8H,1-4,7H2,(H,16,18). The Hall–Kier alpha value is -1.69. The molecule has 0 bridgehead atoms. The molecule has 2 fully saturated rings. The van der Waals surface area contributed by atoms with Gasteiger partial charge in [-0.05, 0) is 43.1 Å². The second kappa shape index (κ2) is 4.70. The molecule has 20 heavy (non-hydrogen) atoms. The van der Waals surface area contributed by atoms with Crippen LogP contribution in [0.15, 0.2) is 12.3 Å². The number of carbonyl (C=O) groups excluding carboxylic acids is 1. The van der Waals surface area contributed by atoms with E-state index in [1.165, 1.54) is 18.9 Å². The Morgan fingerprint density at radius 2 is 2.25 bits per heavy atom. The highest BCUT2D eigenvalue weighted by Gasteiger charge is 2.53. The van der Waals surface area contributed by atoms with Crippen LogP contribution in [0.5, 0.6) is 0 Å². The molecule has 0 atom stereocenters. The molecule has 106 valence electrons. The molecule has 2 saturated carbocycles. The van der Waals surface area contributed by atoms with E-state index in [9.17, 15) is 14.9 Å². The predicted molar refractivity (Wildman–Crippen MR) is 72.6 cm³/mol. The SMILES string of the molecule is O=C(NCC1(C2CC2)CC1)c1cc(Cl)ncc1[N+](=O)[O-]. The maximum atomic E-state index is 12.1. The summed E-state index contributed by atoms with van der Waals surface area (Å²) in [5.74, 6) is 0.270. The lowest BCUT2D eigenvalue weighted by molar-refractivity contribution is -0.385. The number of nitrogens with one attached hydrogen (secondary N) is 1. The largest absolute Gasteiger partial charge is 0.351 e. The maximum absolute atomic E-state index is 12.1. The van der Waals surface area contributed by atoms with Crippen molar-refractivity contribution >= 4 is 23.2 Å². The number of halogens is 1. The van der Waals surface area contributed by atoms with Gasteiger partial charge in [-0.15, -0.1) is 0 Å². The first-order chi connectivity index (χ1) is 9.52. The van der Waals surface area contributed by atoms with Crippen molar-refractivity contribution in [3.63, 3.8) is 0 Å². The maximum Gasteiger partial charge on any atom is 0.300 e. The van der Waals surface area contributed by atoms with Crippen molar-refractivity contribution in [2.75, 3.05) is 6.54 Å². The first-order valence-electron chi connectivity index (χ1n) is 6.60. The van der Waals surface area contributed by atoms with Crippen LogP contribution < -0.4 is 5.32 Å². The molecule has 1 heterocycles. The molecule has 1 aromatic heterocycles. The highest BCUT2D eigenvalue weighted by Crippen LogP contribution is 2.60. The summed E-state index contributed by atoms with van der Waals surface area (Å²) in [6.07, 6.45) is 5.76. The van der Waals surface area contributed by atoms with E-state index < -0.39 is 10.8 Å². The lowest BCUT2D eigenvalue weighted by Gasteiger charge is -2.14. The molecule has 6 nitrogen and oxygen atoms in total. The first kappa shape index (κ1) is 13.3. The minimum atomic E-state index is -0.619. The Morgan fingerprint density at radius 1 is 1.55 bits per heavy atom. The van der Waals surface area contributed by atoms with Gasteiger partial charge in [0.15, 0.2) is 0 Å². The fourth-order valence-electron chi connectivity index (χ4n) is 2.69. The summed E-state index contributed by atoms with van der Waals surface area (Å²) < 4.78 is 0. The highest BCUT2D eigenvalue weighted by molar-refractivity contribution is 6.29. The van der Waals surface area contributed by atoms with Crippen LogP contribution in [0, 0.1) is 21.4 Å². The number of nitro groups is 1. The van der Waals surface area contributed by atoms with Crippen LogP contribution in [0.2, 0.25) is 5.15 Å². The minimum Gasteiger partial charge on any atom is -0.351 e. The zero-order valence-corrected chi connectivity index (χ0v) is 11.5. The van der Waals surface area contributed by atoms with Gasteiger partial charge in [0.25, 0.3) is 11.6 Å². The summed E-state index contributed by atoms with van der Waals surface area (Å²) in [6, 6.07) is 1.24. The van der Waals surface area contributed by atoms with Crippen LogP contribution in [-0.2, 0) is 0 Å². The summed E-state index contributed by atoms with van der Waals surface area (Å²) >= 11 is 5.71. The van der Waals surface area contributed by atoms with Crippen molar-refractivity contribution in [1.29, 1.82) is 0 Å². The molecule has 0 aliphatic heterocycles. The molecule has 0 aromatic carbocycles. The van der Waals surface area contributed by atoms with Gasteiger partial charge < -0.3 is 5.32 Å². The van der Waals surface area contributed by atoms with Gasteiger partial charge in [-0.25, -0.2) is 4.98 Å². The van der Waals surface area contributed by atoms with Gasteiger partial charge in [0.1, 0.15) is 16.9 Å². The third kappa shape index (κ3) is 2.47. The van der Waals surface area contributed by atoms with Crippen molar-refractivity contribution in [3.05, 3.63) is 33.1 Å². The van der Waals surface area contributed by atoms with E-state index in [1.807, 2.05) is 0 Å². The van der Waals surface area contributed by atoms with Gasteiger partial charge in [-0.3, -0.25) is 14.9 Å². The summed E-state index contributed by atoms with van der Waals surface area (Å²) in [4.78, 5) is 26.1. The number of pyridine rings is 1. The van der Waals surface area contributed by atoms with Gasteiger partial charge in [0.05, 0.1) is 4.92 Å². The van der Waals surface area contributed by atoms with E-state index in [4.69, 9.17) is 11.6 Å². The number of hydrogen-bond acceptors (Lipinski definition) is 4. The van der Waals surface area contributed by atoms with E-state index in [0.717, 1.165) is 25.0 Å². The molecule has 1 amide bonds. The highest BCUT2D eigenvalue weighted by atomic mass is 35.5. The smallest absolute Gasteiger partial charge is 0.300 e. The van der Waals surface area contributed by atoms with Crippen molar-refractivity contribution in [2.45, 2.75) is 25.7 Å². The van der Waals surface area contributed by atoms with Crippen LogP contribution in [0.3, 0.4) is 0 Å². The van der Waals surface area contributed by atoms with Crippen molar-refractivity contribution in [1.82, 2.24) is 10.3 Å². The van der Waals surface area contributed by atoms with Crippen LogP contribution in [-0.4, -0.2) is 22.4 Å². The summed E-state index contributed by atoms with van der Waals surface area (Å²) in [5, 5.41) is 13.8. The molecular formula is C13H14ClN3O3. The molecule has 0 unspecified atom stereocenters. The third-order valence-corrected chi connectivity index (χ3v) is 4.43. The molecule has 0 saturated heterocycles. The van der Waals surface area contributed by atoms with Crippen LogP contribution in [0.1, 0.15) is 36.0 Å². The van der Waals surface area contributed by atoms with Gasteiger partial charge in [-0.2, -0.15) is 0 Å². The van der Waals surface area contributed by atoms with Gasteiger partial charge in [-0.1, -0.05) is 11.6 Å². The molecule has 3 rings (SSSR count). The monoisotopic (exact) mass is 295 g/mol. The lowest BCUT2D eigenvalue weighted by atomic mass is 10.0. The Labute approximate surface area is 120 Å². The van der Waals surface area contributed by atoms with Crippen molar-refractivity contribution in [2.24, 2.45) is 11.3 Å². The van der Waals surface area contributed by atoms with E-state index in [1.54, 1.807) is 0 Å². The van der Waals surface area contributed by atoms with E-state index in [2.05, 4.69) is 10.3 Å². The number of aromatic nitrogens is 1. The zero-order valence-electron chi connectivity index (χ0n) is 10.8. The Bertz CT molecular complexity index is 582. The topological polar surface area (TPSA) is 85.1 Å². The predicted octanol–water partition coefficient (Wildman–Crippen LogP) is 2.56. The molecule has 0 spiro atoms. The summed E-state index contributed by atoms with van der Waals surface area (Å²) in [5.41, 5.74) is -0.0916. The van der Waals surface area contributed by atoms with Crippen molar-refractivity contribution in [3.8, 4) is 0 Å². The number of rotatable bonds is 5. The number of nitrogens with zero attached hydrogens (tertiary/aromatic N) is 2. The van der Waals surface area contributed by atoms with Crippen LogP contribution in [0.25, 0.3) is 0 Å². The molecule has 1 aromatic rings. The van der Waals surface area contributed by atoms with Crippen LogP contribution >= 0.6 is 11.6 Å². The second-order valence-electron chi connectivity index (χ2n) is 5.60.